The van der Waals surface area contributed by atoms with Gasteiger partial charge in [0.1, 0.15) is 18.1 Å². The van der Waals surface area contributed by atoms with E-state index in [2.05, 4.69) is 68.0 Å². The molecule has 0 aliphatic carbocycles. The second-order valence-corrected chi connectivity index (χ2v) is 8.39. The highest BCUT2D eigenvalue weighted by molar-refractivity contribution is 5.71. The summed E-state index contributed by atoms with van der Waals surface area (Å²) in [5.74, 6) is 1.22. The molecule has 4 nitrogen and oxygen atoms in total. The summed E-state index contributed by atoms with van der Waals surface area (Å²) in [5.41, 5.74) is 5.69. The van der Waals surface area contributed by atoms with Gasteiger partial charge < -0.3 is 14.2 Å². The summed E-state index contributed by atoms with van der Waals surface area (Å²) in [6.07, 6.45) is 1.93. The van der Waals surface area contributed by atoms with Crippen LogP contribution >= 0.6 is 0 Å². The molecule has 0 atom stereocenters. The number of carbonyl (C=O) groups excluding carboxylic acids is 1. The minimum atomic E-state index is -0.389. The summed E-state index contributed by atoms with van der Waals surface area (Å²) in [6, 6.07) is 23.0. The molecule has 0 N–H and O–H groups in total. The molecule has 0 saturated carbocycles. The highest BCUT2D eigenvalue weighted by Crippen LogP contribution is 2.41. The first-order valence-electron chi connectivity index (χ1n) is 11.5. The summed E-state index contributed by atoms with van der Waals surface area (Å²) in [6.45, 7) is 9.05. The van der Waals surface area contributed by atoms with Crippen LogP contribution in [0.2, 0.25) is 0 Å². The van der Waals surface area contributed by atoms with Gasteiger partial charge in [-0.2, -0.15) is 0 Å². The number of hydrogen-bond donors (Lipinski definition) is 0. The first-order chi connectivity index (χ1) is 15.9. The van der Waals surface area contributed by atoms with Crippen molar-refractivity contribution >= 4 is 5.97 Å². The molecule has 3 rings (SSSR count). The van der Waals surface area contributed by atoms with Gasteiger partial charge in [-0.05, 0) is 66.6 Å². The van der Waals surface area contributed by atoms with Crippen LogP contribution in [0.4, 0.5) is 0 Å². The molecule has 0 saturated heterocycles. The van der Waals surface area contributed by atoms with Crippen LogP contribution in [0.3, 0.4) is 0 Å². The molecule has 0 aliphatic rings. The van der Waals surface area contributed by atoms with E-state index in [0.29, 0.717) is 12.4 Å². The maximum atomic E-state index is 11.4. The van der Waals surface area contributed by atoms with Crippen molar-refractivity contribution in [2.45, 2.75) is 52.6 Å². The average molecular weight is 447 g/mol. The van der Waals surface area contributed by atoms with Gasteiger partial charge >= 0.3 is 5.97 Å². The first-order valence-corrected chi connectivity index (χ1v) is 11.5. The molecule has 0 heterocycles. The second kappa shape index (κ2) is 11.0. The molecule has 0 aliphatic heterocycles. The molecule has 4 heteroatoms. The van der Waals surface area contributed by atoms with Crippen LogP contribution < -0.4 is 9.47 Å². The maximum Gasteiger partial charge on any atom is 0.343 e. The van der Waals surface area contributed by atoms with Gasteiger partial charge in [-0.1, -0.05) is 68.4 Å². The molecule has 174 valence electrons. The molecule has 3 aromatic rings. The van der Waals surface area contributed by atoms with Gasteiger partial charge in [0.2, 0.25) is 0 Å². The van der Waals surface area contributed by atoms with Crippen molar-refractivity contribution in [3.8, 4) is 11.5 Å². The Kier molecular flexibility index (Phi) is 8.16. The van der Waals surface area contributed by atoms with Gasteiger partial charge in [0, 0.05) is 5.41 Å². The predicted molar refractivity (Wildman–Crippen MR) is 132 cm³/mol. The van der Waals surface area contributed by atoms with E-state index in [1.54, 1.807) is 0 Å². The van der Waals surface area contributed by atoms with Crippen molar-refractivity contribution in [3.05, 3.63) is 94.5 Å². The Labute approximate surface area is 197 Å². The number of benzene rings is 3. The van der Waals surface area contributed by atoms with Gasteiger partial charge in [-0.3, -0.25) is 0 Å². The standard InChI is InChI=1S/C29H34O4/c1-6-29(7-2,25-14-16-27(22(4)18-25)33-20-28(30)31-5)24-13-15-26(21(3)17-24)32-19-23-11-9-8-10-12-23/h8-18H,6-7,19-20H2,1-5H3. The highest BCUT2D eigenvalue weighted by atomic mass is 16.6. The molecule has 3 aromatic carbocycles. The Morgan fingerprint density at radius 3 is 1.82 bits per heavy atom. The predicted octanol–water partition coefficient (Wildman–Crippen LogP) is 6.54. The van der Waals surface area contributed by atoms with E-state index in [4.69, 9.17) is 9.47 Å². The Morgan fingerprint density at radius 2 is 1.33 bits per heavy atom. The Bertz CT molecular complexity index is 1070. The molecule has 0 amide bonds. The first kappa shape index (κ1) is 24.4. The lowest BCUT2D eigenvalue weighted by Gasteiger charge is -2.34. The van der Waals surface area contributed by atoms with Crippen molar-refractivity contribution < 1.29 is 19.0 Å². The summed E-state index contributed by atoms with van der Waals surface area (Å²) in [4.78, 5) is 11.4. The van der Waals surface area contributed by atoms with Gasteiger partial charge in [0.25, 0.3) is 0 Å². The lowest BCUT2D eigenvalue weighted by atomic mass is 9.70. The number of esters is 1. The Morgan fingerprint density at radius 1 is 0.788 bits per heavy atom. The molecule has 33 heavy (non-hydrogen) atoms. The molecule has 0 aromatic heterocycles. The van der Waals surface area contributed by atoms with Crippen LogP contribution in [0.25, 0.3) is 0 Å². The van der Waals surface area contributed by atoms with Crippen molar-refractivity contribution in [1.82, 2.24) is 0 Å². The van der Waals surface area contributed by atoms with E-state index in [0.717, 1.165) is 35.3 Å². The summed E-state index contributed by atoms with van der Waals surface area (Å²) in [5, 5.41) is 0. The average Bonchev–Trinajstić information content (AvgIpc) is 2.84. The molecule has 0 bridgehead atoms. The number of rotatable bonds is 10. The fourth-order valence-electron chi connectivity index (χ4n) is 4.38. The number of carbonyl (C=O) groups is 1. The van der Waals surface area contributed by atoms with Crippen molar-refractivity contribution in [1.29, 1.82) is 0 Å². The van der Waals surface area contributed by atoms with E-state index >= 15 is 0 Å². The van der Waals surface area contributed by atoms with Crippen LogP contribution in [0.5, 0.6) is 11.5 Å². The highest BCUT2D eigenvalue weighted by Gasteiger charge is 2.31. The van der Waals surface area contributed by atoms with Crippen LogP contribution in [0.1, 0.15) is 54.5 Å². The number of methoxy groups -OCH3 is 1. The zero-order valence-corrected chi connectivity index (χ0v) is 20.3. The van der Waals surface area contributed by atoms with Crippen molar-refractivity contribution in [2.75, 3.05) is 13.7 Å². The smallest absolute Gasteiger partial charge is 0.343 e. The topological polar surface area (TPSA) is 44.8 Å². The quantitative estimate of drug-likeness (QED) is 0.332. The van der Waals surface area contributed by atoms with Crippen molar-refractivity contribution in [3.63, 3.8) is 0 Å². The van der Waals surface area contributed by atoms with E-state index in [-0.39, 0.29) is 18.0 Å². The zero-order valence-electron chi connectivity index (χ0n) is 20.3. The van der Waals surface area contributed by atoms with E-state index in [1.165, 1.54) is 18.2 Å². The molecule has 0 spiro atoms. The Balaban J connectivity index is 1.85. The van der Waals surface area contributed by atoms with Crippen LogP contribution in [0.15, 0.2) is 66.7 Å². The third-order valence-corrected chi connectivity index (χ3v) is 6.47. The minimum absolute atomic E-state index is 0.0903. The number of hydrogen-bond acceptors (Lipinski definition) is 4. The van der Waals surface area contributed by atoms with Crippen LogP contribution in [-0.2, 0) is 21.6 Å². The summed E-state index contributed by atoms with van der Waals surface area (Å²) < 4.78 is 16.4. The normalized spacial score (nSPS) is 11.2. The zero-order chi connectivity index (χ0) is 23.8. The monoisotopic (exact) mass is 446 g/mol. The van der Waals surface area contributed by atoms with Gasteiger partial charge in [-0.15, -0.1) is 0 Å². The SMILES string of the molecule is CCC(CC)(c1ccc(OCC(=O)OC)c(C)c1)c1ccc(OCc2ccccc2)c(C)c1. The summed E-state index contributed by atoms with van der Waals surface area (Å²) >= 11 is 0. The number of aryl methyl sites for hydroxylation is 2. The molecular weight excluding hydrogens is 412 g/mol. The Hall–Kier alpha value is -3.27. The molecular formula is C29H34O4. The van der Waals surface area contributed by atoms with Crippen LogP contribution in [0, 0.1) is 13.8 Å². The largest absolute Gasteiger partial charge is 0.489 e. The fourth-order valence-corrected chi connectivity index (χ4v) is 4.38. The molecule has 0 unspecified atom stereocenters. The lowest BCUT2D eigenvalue weighted by molar-refractivity contribution is -0.142. The fraction of sp³-hybridized carbons (Fsp3) is 0.345. The van der Waals surface area contributed by atoms with Gasteiger partial charge in [0.15, 0.2) is 6.61 Å². The van der Waals surface area contributed by atoms with Gasteiger partial charge in [-0.25, -0.2) is 4.79 Å². The molecule has 0 fully saturated rings. The third kappa shape index (κ3) is 5.57. The third-order valence-electron chi connectivity index (χ3n) is 6.47. The lowest BCUT2D eigenvalue weighted by Crippen LogP contribution is -2.26. The van der Waals surface area contributed by atoms with E-state index < -0.39 is 0 Å². The number of ether oxygens (including phenoxy) is 3. The second-order valence-electron chi connectivity index (χ2n) is 8.39. The summed E-state index contributed by atoms with van der Waals surface area (Å²) in [7, 11) is 1.36. The minimum Gasteiger partial charge on any atom is -0.489 e. The van der Waals surface area contributed by atoms with Crippen LogP contribution in [-0.4, -0.2) is 19.7 Å². The van der Waals surface area contributed by atoms with Gasteiger partial charge in [0.05, 0.1) is 7.11 Å². The van der Waals surface area contributed by atoms with E-state index in [1.807, 2.05) is 31.2 Å². The maximum absolute atomic E-state index is 11.4. The van der Waals surface area contributed by atoms with Crippen molar-refractivity contribution in [2.24, 2.45) is 0 Å². The molecule has 0 radical (unpaired) electrons. The van der Waals surface area contributed by atoms with E-state index in [9.17, 15) is 4.79 Å².